The monoisotopic (exact) mass is 231 g/mol. The normalized spacial score (nSPS) is 9.27. The van der Waals surface area contributed by atoms with Crippen molar-refractivity contribution in [1.82, 2.24) is 0 Å². The Labute approximate surface area is 133 Å². The molecule has 0 atom stereocenters. The summed E-state index contributed by atoms with van der Waals surface area (Å²) in [5.74, 6) is -1.06. The van der Waals surface area contributed by atoms with Gasteiger partial charge in [0.15, 0.2) is 0 Å². The molecule has 0 saturated carbocycles. The maximum atomic E-state index is 10.4. The largest absolute Gasteiger partial charge is 1.00 e. The van der Waals surface area contributed by atoms with Crippen LogP contribution in [0.4, 0.5) is 5.69 Å². The summed E-state index contributed by atoms with van der Waals surface area (Å²) in [6.45, 7) is 3.95. The molecule has 0 bridgehead atoms. The van der Waals surface area contributed by atoms with E-state index < -0.39 is 5.97 Å². The maximum Gasteiger partial charge on any atom is 1.00 e. The van der Waals surface area contributed by atoms with Crippen molar-refractivity contribution in [2.24, 2.45) is 0 Å². The van der Waals surface area contributed by atoms with Crippen LogP contribution in [0.2, 0.25) is 0 Å². The molecule has 1 aromatic rings. The van der Waals surface area contributed by atoms with Gasteiger partial charge in [0.25, 0.3) is 0 Å². The quantitative estimate of drug-likeness (QED) is 0.540. The Morgan fingerprint density at radius 3 is 2.40 bits per heavy atom. The first kappa shape index (κ1) is 15.1. The Hall–Kier alpha value is 0.126. The second kappa shape index (κ2) is 6.65. The molecule has 0 radical (unpaired) electrons. The Bertz CT molecular complexity index is 352. The Morgan fingerprint density at radius 2 is 1.93 bits per heavy atom. The van der Waals surface area contributed by atoms with Crippen LogP contribution < -0.4 is 61.4 Å². The molecule has 3 nitrogen and oxygen atoms in total. The zero-order chi connectivity index (χ0) is 10.7. The Morgan fingerprint density at radius 1 is 1.33 bits per heavy atom. The SMILES string of the molecule is Cc1ccc(N(C)CC(=O)[O-])cc1C.[K+]. The molecule has 0 aliphatic carbocycles. The summed E-state index contributed by atoms with van der Waals surface area (Å²) >= 11 is 0. The summed E-state index contributed by atoms with van der Waals surface area (Å²) in [6, 6.07) is 5.86. The third-order valence-electron chi connectivity index (χ3n) is 2.30. The van der Waals surface area contributed by atoms with Gasteiger partial charge in [0, 0.05) is 12.7 Å². The van der Waals surface area contributed by atoms with Gasteiger partial charge in [-0.25, -0.2) is 0 Å². The van der Waals surface area contributed by atoms with Gasteiger partial charge in [-0.05, 0) is 37.1 Å². The van der Waals surface area contributed by atoms with Crippen molar-refractivity contribution in [3.8, 4) is 0 Å². The number of hydrogen-bond donors (Lipinski definition) is 0. The number of nitrogens with zero attached hydrogens (tertiary/aromatic N) is 1. The molecule has 0 aliphatic rings. The van der Waals surface area contributed by atoms with Gasteiger partial charge in [-0.1, -0.05) is 6.07 Å². The number of aryl methyl sites for hydroxylation is 2. The third kappa shape index (κ3) is 4.65. The number of carboxylic acids is 1. The van der Waals surface area contributed by atoms with Crippen LogP contribution in [-0.2, 0) is 4.79 Å². The molecule has 76 valence electrons. The smallest absolute Gasteiger partial charge is 0.548 e. The molecule has 0 N–H and O–H groups in total. The molecule has 0 aromatic heterocycles. The fraction of sp³-hybridized carbons (Fsp3) is 0.364. The van der Waals surface area contributed by atoms with Crippen molar-refractivity contribution in [3.63, 3.8) is 0 Å². The second-order valence-corrected chi connectivity index (χ2v) is 3.50. The molecule has 0 unspecified atom stereocenters. The van der Waals surface area contributed by atoms with Crippen molar-refractivity contribution in [1.29, 1.82) is 0 Å². The number of carbonyl (C=O) groups excluding carboxylic acids is 1. The van der Waals surface area contributed by atoms with E-state index in [9.17, 15) is 9.90 Å². The third-order valence-corrected chi connectivity index (χ3v) is 2.30. The molecule has 15 heavy (non-hydrogen) atoms. The summed E-state index contributed by atoms with van der Waals surface area (Å²) in [4.78, 5) is 12.0. The van der Waals surface area contributed by atoms with E-state index in [-0.39, 0.29) is 57.9 Å². The van der Waals surface area contributed by atoms with E-state index in [0.717, 1.165) is 11.3 Å². The zero-order valence-corrected chi connectivity index (χ0v) is 12.8. The molecule has 1 rings (SSSR count). The summed E-state index contributed by atoms with van der Waals surface area (Å²) < 4.78 is 0. The number of carbonyl (C=O) groups is 1. The average Bonchev–Trinajstić information content (AvgIpc) is 2.08. The summed E-state index contributed by atoms with van der Waals surface area (Å²) in [6.07, 6.45) is 0. The van der Waals surface area contributed by atoms with Crippen LogP contribution in [0.5, 0.6) is 0 Å². The average molecular weight is 231 g/mol. The molecule has 0 saturated heterocycles. The molecule has 0 heterocycles. The number of likely N-dealkylation sites (N-methyl/N-ethyl adjacent to an activating group) is 1. The Balaban J connectivity index is 0.00000196. The fourth-order valence-electron chi connectivity index (χ4n) is 1.25. The van der Waals surface area contributed by atoms with Gasteiger partial charge < -0.3 is 14.8 Å². The number of carboxylic acid groups (broad SMARTS) is 1. The Kier molecular flexibility index (Phi) is 6.71. The van der Waals surface area contributed by atoms with Crippen molar-refractivity contribution < 1.29 is 61.3 Å². The van der Waals surface area contributed by atoms with E-state index in [1.165, 1.54) is 5.56 Å². The van der Waals surface area contributed by atoms with Gasteiger partial charge in [0.1, 0.15) is 0 Å². The number of aliphatic carboxylic acids is 1. The van der Waals surface area contributed by atoms with E-state index in [2.05, 4.69) is 0 Å². The minimum absolute atomic E-state index is 0. The topological polar surface area (TPSA) is 43.4 Å². The standard InChI is InChI=1S/C11H15NO2.K/c1-8-4-5-10(6-9(8)2)12(3)7-11(13)14;/h4-6H,7H2,1-3H3,(H,13,14);/q;+1/p-1. The van der Waals surface area contributed by atoms with Crippen molar-refractivity contribution in [2.45, 2.75) is 13.8 Å². The van der Waals surface area contributed by atoms with Gasteiger partial charge in [0.2, 0.25) is 0 Å². The minimum atomic E-state index is -1.06. The summed E-state index contributed by atoms with van der Waals surface area (Å²) in [5, 5.41) is 10.4. The first-order valence-corrected chi connectivity index (χ1v) is 4.49. The van der Waals surface area contributed by atoms with Crippen LogP contribution in [0.15, 0.2) is 18.2 Å². The van der Waals surface area contributed by atoms with Gasteiger partial charge in [-0.3, -0.25) is 0 Å². The van der Waals surface area contributed by atoms with E-state index in [1.807, 2.05) is 32.0 Å². The number of hydrogen-bond acceptors (Lipinski definition) is 3. The van der Waals surface area contributed by atoms with Gasteiger partial charge in [-0.2, -0.15) is 0 Å². The van der Waals surface area contributed by atoms with E-state index in [1.54, 1.807) is 11.9 Å². The first-order valence-electron chi connectivity index (χ1n) is 4.49. The molecule has 0 fully saturated rings. The van der Waals surface area contributed by atoms with E-state index in [4.69, 9.17) is 0 Å². The number of benzene rings is 1. The van der Waals surface area contributed by atoms with Crippen molar-refractivity contribution in [2.75, 3.05) is 18.5 Å². The molecular formula is C11H14KNO2. The first-order chi connectivity index (χ1) is 6.50. The fourth-order valence-corrected chi connectivity index (χ4v) is 1.25. The van der Waals surface area contributed by atoms with E-state index >= 15 is 0 Å². The van der Waals surface area contributed by atoms with Gasteiger partial charge >= 0.3 is 51.4 Å². The van der Waals surface area contributed by atoms with Crippen molar-refractivity contribution >= 4 is 11.7 Å². The molecule has 1 aromatic carbocycles. The maximum absolute atomic E-state index is 10.4. The molecule has 0 aliphatic heterocycles. The second-order valence-electron chi connectivity index (χ2n) is 3.50. The van der Waals surface area contributed by atoms with Crippen LogP contribution in [-0.4, -0.2) is 19.6 Å². The van der Waals surface area contributed by atoms with E-state index in [0.29, 0.717) is 0 Å². The van der Waals surface area contributed by atoms with Crippen molar-refractivity contribution in [3.05, 3.63) is 29.3 Å². The summed E-state index contributed by atoms with van der Waals surface area (Å²) in [7, 11) is 1.74. The van der Waals surface area contributed by atoms with Gasteiger partial charge in [-0.15, -0.1) is 0 Å². The van der Waals surface area contributed by atoms with Crippen LogP contribution in [0.25, 0.3) is 0 Å². The summed E-state index contributed by atoms with van der Waals surface area (Å²) in [5.41, 5.74) is 3.26. The van der Waals surface area contributed by atoms with Crippen LogP contribution >= 0.6 is 0 Å². The molecule has 0 amide bonds. The molecule has 0 spiro atoms. The zero-order valence-electron chi connectivity index (χ0n) is 9.70. The van der Waals surface area contributed by atoms with Crippen LogP contribution in [0.3, 0.4) is 0 Å². The predicted octanol–water partition coefficient (Wildman–Crippen LogP) is -2.51. The minimum Gasteiger partial charge on any atom is -0.548 e. The molecule has 4 heteroatoms. The predicted molar refractivity (Wildman–Crippen MR) is 54.2 cm³/mol. The van der Waals surface area contributed by atoms with Gasteiger partial charge in [0.05, 0.1) is 12.5 Å². The number of rotatable bonds is 3. The molecular weight excluding hydrogens is 217 g/mol. The van der Waals surface area contributed by atoms with Crippen LogP contribution in [0.1, 0.15) is 11.1 Å². The van der Waals surface area contributed by atoms with Crippen LogP contribution in [0, 0.1) is 13.8 Å². The number of anilines is 1.